The Labute approximate surface area is 170 Å². The number of carbonyl (C=O) groups is 1. The van der Waals surface area contributed by atoms with E-state index in [2.05, 4.69) is 15.5 Å². The van der Waals surface area contributed by atoms with Crippen LogP contribution in [-0.4, -0.2) is 32.6 Å². The van der Waals surface area contributed by atoms with Crippen molar-refractivity contribution in [2.24, 2.45) is 0 Å². The van der Waals surface area contributed by atoms with E-state index in [0.29, 0.717) is 28.2 Å². The summed E-state index contributed by atoms with van der Waals surface area (Å²) >= 11 is 0. The maximum atomic E-state index is 13.3. The van der Waals surface area contributed by atoms with Crippen molar-refractivity contribution in [2.45, 2.75) is 13.5 Å². The highest BCUT2D eigenvalue weighted by Crippen LogP contribution is 2.23. The predicted octanol–water partition coefficient (Wildman–Crippen LogP) is 2.68. The van der Waals surface area contributed by atoms with Crippen LogP contribution in [0, 0.1) is 12.7 Å². The molecule has 0 spiro atoms. The van der Waals surface area contributed by atoms with E-state index in [1.807, 2.05) is 0 Å². The van der Waals surface area contributed by atoms with Crippen LogP contribution in [0.15, 0.2) is 59.5 Å². The highest BCUT2D eigenvalue weighted by Gasteiger charge is 2.17. The fourth-order valence-electron chi connectivity index (χ4n) is 3.18. The second kappa shape index (κ2) is 7.78. The first-order chi connectivity index (χ1) is 14.5. The number of nitrogens with zero attached hydrogens (tertiary/aromatic N) is 4. The molecule has 0 aliphatic heterocycles. The molecule has 0 saturated carbocycles. The minimum Gasteiger partial charge on any atom is -0.495 e. The molecule has 30 heavy (non-hydrogen) atoms. The summed E-state index contributed by atoms with van der Waals surface area (Å²) in [5.41, 5.74) is 1.35. The molecule has 0 aliphatic rings. The van der Waals surface area contributed by atoms with Gasteiger partial charge in [-0.2, -0.15) is 10.2 Å². The summed E-state index contributed by atoms with van der Waals surface area (Å²) in [6.45, 7) is 1.44. The van der Waals surface area contributed by atoms with Crippen molar-refractivity contribution in [3.63, 3.8) is 0 Å². The second-order valence-corrected chi connectivity index (χ2v) is 6.59. The minimum atomic E-state index is -0.479. The van der Waals surface area contributed by atoms with Crippen molar-refractivity contribution in [3.8, 4) is 11.4 Å². The normalized spacial score (nSPS) is 10.9. The van der Waals surface area contributed by atoms with Gasteiger partial charge < -0.3 is 10.1 Å². The Morgan fingerprint density at radius 1 is 1.17 bits per heavy atom. The molecule has 4 aromatic rings. The Balaban J connectivity index is 1.70. The van der Waals surface area contributed by atoms with Gasteiger partial charge >= 0.3 is 0 Å². The number of carbonyl (C=O) groups excluding carboxylic acids is 1. The van der Waals surface area contributed by atoms with E-state index in [4.69, 9.17) is 4.74 Å². The third-order valence-electron chi connectivity index (χ3n) is 4.61. The van der Waals surface area contributed by atoms with Gasteiger partial charge in [-0.1, -0.05) is 12.1 Å². The van der Waals surface area contributed by atoms with Crippen molar-refractivity contribution in [1.82, 2.24) is 19.6 Å². The van der Waals surface area contributed by atoms with Crippen LogP contribution in [0.4, 0.5) is 10.1 Å². The molecule has 8 nitrogen and oxygen atoms in total. The fourth-order valence-corrected chi connectivity index (χ4v) is 3.18. The summed E-state index contributed by atoms with van der Waals surface area (Å²) in [6, 6.07) is 12.6. The number of nitrogens with one attached hydrogen (secondary N) is 1. The summed E-state index contributed by atoms with van der Waals surface area (Å²) in [6.07, 6.45) is 1.53. The van der Waals surface area contributed by atoms with E-state index < -0.39 is 17.3 Å². The maximum Gasteiger partial charge on any atom is 0.293 e. The average Bonchev–Trinajstić information content (AvgIpc) is 3.19. The van der Waals surface area contributed by atoms with E-state index in [1.54, 1.807) is 31.2 Å². The second-order valence-electron chi connectivity index (χ2n) is 6.59. The van der Waals surface area contributed by atoms with Crippen LogP contribution in [-0.2, 0) is 11.3 Å². The number of rotatable bonds is 5. The lowest BCUT2D eigenvalue weighted by atomic mass is 10.2. The van der Waals surface area contributed by atoms with E-state index in [9.17, 15) is 14.0 Å². The van der Waals surface area contributed by atoms with Crippen molar-refractivity contribution in [1.29, 1.82) is 0 Å². The van der Waals surface area contributed by atoms with Crippen molar-refractivity contribution < 1.29 is 13.9 Å². The quantitative estimate of drug-likeness (QED) is 0.549. The van der Waals surface area contributed by atoms with Gasteiger partial charge in [0.25, 0.3) is 5.56 Å². The molecule has 1 N–H and O–H groups in total. The third-order valence-corrected chi connectivity index (χ3v) is 4.61. The molecule has 0 fully saturated rings. The van der Waals surface area contributed by atoms with E-state index in [0.717, 1.165) is 4.68 Å². The number of methoxy groups -OCH3 is 1. The minimum absolute atomic E-state index is 0.263. The molecule has 9 heteroatoms. The molecule has 0 bridgehead atoms. The average molecular weight is 407 g/mol. The summed E-state index contributed by atoms with van der Waals surface area (Å²) in [5, 5.41) is 11.8. The first-order valence-electron chi connectivity index (χ1n) is 9.12. The summed E-state index contributed by atoms with van der Waals surface area (Å²) in [5.74, 6) is -0.314. The lowest BCUT2D eigenvalue weighted by molar-refractivity contribution is -0.117. The van der Waals surface area contributed by atoms with Gasteiger partial charge in [0.15, 0.2) is 0 Å². The van der Waals surface area contributed by atoms with Gasteiger partial charge in [0, 0.05) is 5.39 Å². The van der Waals surface area contributed by atoms with Crippen LogP contribution in [0.1, 0.15) is 5.69 Å². The van der Waals surface area contributed by atoms with Crippen LogP contribution < -0.4 is 15.6 Å². The van der Waals surface area contributed by atoms with E-state index >= 15 is 0 Å². The summed E-state index contributed by atoms with van der Waals surface area (Å²) < 4.78 is 21.0. The van der Waals surface area contributed by atoms with Crippen LogP contribution >= 0.6 is 0 Å². The van der Waals surface area contributed by atoms with Crippen molar-refractivity contribution in [3.05, 3.63) is 76.6 Å². The standard InChI is InChI=1S/C21H18FN5O3/c1-13-16-11-23-27(15-9-7-14(22)8-10-15)20(16)21(29)26(25-13)12-19(28)24-17-5-3-4-6-18(17)30-2/h3-11H,12H2,1-2H3,(H,24,28). The molecule has 0 aliphatic carbocycles. The Morgan fingerprint density at radius 2 is 1.90 bits per heavy atom. The molecular weight excluding hydrogens is 389 g/mol. The Morgan fingerprint density at radius 3 is 2.63 bits per heavy atom. The lowest BCUT2D eigenvalue weighted by Gasteiger charge is -2.11. The molecule has 0 radical (unpaired) electrons. The number of benzene rings is 2. The van der Waals surface area contributed by atoms with Gasteiger partial charge in [0.2, 0.25) is 5.91 Å². The summed E-state index contributed by atoms with van der Waals surface area (Å²) in [7, 11) is 1.50. The maximum absolute atomic E-state index is 13.3. The molecule has 2 aromatic carbocycles. The van der Waals surface area contributed by atoms with Gasteiger partial charge in [-0.05, 0) is 43.3 Å². The molecule has 0 atom stereocenters. The Bertz CT molecular complexity index is 1290. The number of aryl methyl sites for hydroxylation is 1. The number of anilines is 1. The van der Waals surface area contributed by atoms with E-state index in [-0.39, 0.29) is 12.1 Å². The number of hydrogen-bond donors (Lipinski definition) is 1. The number of halogens is 1. The number of amides is 1. The van der Waals surface area contributed by atoms with Crippen LogP contribution in [0.25, 0.3) is 16.6 Å². The summed E-state index contributed by atoms with van der Waals surface area (Å²) in [4.78, 5) is 25.6. The smallest absolute Gasteiger partial charge is 0.293 e. The Kier molecular flexibility index (Phi) is 5.01. The lowest BCUT2D eigenvalue weighted by Crippen LogP contribution is -2.31. The van der Waals surface area contributed by atoms with Crippen LogP contribution in [0.2, 0.25) is 0 Å². The van der Waals surface area contributed by atoms with Gasteiger partial charge in [-0.15, -0.1) is 0 Å². The predicted molar refractivity (Wildman–Crippen MR) is 109 cm³/mol. The zero-order valence-electron chi connectivity index (χ0n) is 16.3. The van der Waals surface area contributed by atoms with Crippen LogP contribution in [0.5, 0.6) is 5.75 Å². The zero-order valence-corrected chi connectivity index (χ0v) is 16.3. The number of fused-ring (bicyclic) bond motifs is 1. The molecule has 0 unspecified atom stereocenters. The number of aromatic nitrogens is 4. The molecule has 2 aromatic heterocycles. The Hall–Kier alpha value is -4.01. The SMILES string of the molecule is COc1ccccc1NC(=O)Cn1nc(C)c2cnn(-c3ccc(F)cc3)c2c1=O. The highest BCUT2D eigenvalue weighted by atomic mass is 19.1. The number of ether oxygens (including phenoxy) is 1. The van der Waals surface area contributed by atoms with Crippen molar-refractivity contribution >= 4 is 22.5 Å². The largest absolute Gasteiger partial charge is 0.495 e. The van der Waals surface area contributed by atoms with Gasteiger partial charge in [0.05, 0.1) is 30.4 Å². The molecular formula is C21H18FN5O3. The number of hydrogen-bond acceptors (Lipinski definition) is 5. The first kappa shape index (κ1) is 19.3. The fraction of sp³-hybridized carbons (Fsp3) is 0.143. The highest BCUT2D eigenvalue weighted by molar-refractivity contribution is 5.92. The molecule has 152 valence electrons. The number of para-hydroxylation sites is 2. The topological polar surface area (TPSA) is 91.0 Å². The van der Waals surface area contributed by atoms with Gasteiger partial charge in [0.1, 0.15) is 23.6 Å². The molecule has 4 rings (SSSR count). The van der Waals surface area contributed by atoms with Gasteiger partial charge in [-0.3, -0.25) is 9.59 Å². The third kappa shape index (κ3) is 3.52. The van der Waals surface area contributed by atoms with Crippen molar-refractivity contribution in [2.75, 3.05) is 12.4 Å². The molecule has 0 saturated heterocycles. The zero-order chi connectivity index (χ0) is 21.3. The van der Waals surface area contributed by atoms with E-state index in [1.165, 1.54) is 42.3 Å². The molecule has 1 amide bonds. The van der Waals surface area contributed by atoms with Crippen LogP contribution in [0.3, 0.4) is 0 Å². The molecule has 2 heterocycles. The first-order valence-corrected chi connectivity index (χ1v) is 9.12. The monoisotopic (exact) mass is 407 g/mol. The van der Waals surface area contributed by atoms with Gasteiger partial charge in [-0.25, -0.2) is 13.8 Å².